The maximum Gasteiger partial charge on any atom is 0.0542 e. The van der Waals surface area contributed by atoms with E-state index in [1.807, 2.05) is 0 Å². The van der Waals surface area contributed by atoms with Gasteiger partial charge in [-0.1, -0.05) is 97.1 Å². The Morgan fingerprint density at radius 2 is 0.615 bits per heavy atom. The molecule has 2 heterocycles. The molecule has 246 valence electrons. The fourth-order valence-electron chi connectivity index (χ4n) is 7.64. The maximum absolute atomic E-state index is 3.64. The number of fused-ring (bicyclic) bond motifs is 6. The smallest absolute Gasteiger partial charge is 0.0542 e. The molecule has 10 aromatic rings. The highest BCUT2D eigenvalue weighted by molar-refractivity contribution is 6.11. The summed E-state index contributed by atoms with van der Waals surface area (Å²) in [5, 5.41) is 12.2. The van der Waals surface area contributed by atoms with Crippen LogP contribution in [0.25, 0.3) is 66.1 Å². The van der Waals surface area contributed by atoms with Crippen molar-refractivity contribution in [1.82, 2.24) is 9.13 Å². The summed E-state index contributed by atoms with van der Waals surface area (Å²) in [5.74, 6) is 0. The summed E-state index contributed by atoms with van der Waals surface area (Å²) < 4.78 is 4.68. The van der Waals surface area contributed by atoms with E-state index in [1.54, 1.807) is 0 Å². The number of benzene rings is 8. The fraction of sp³-hybridized carbons (Fsp3) is 0. The lowest BCUT2D eigenvalue weighted by Gasteiger charge is -2.11. The van der Waals surface area contributed by atoms with Crippen molar-refractivity contribution in [2.75, 3.05) is 10.6 Å². The van der Waals surface area contributed by atoms with Crippen molar-refractivity contribution in [3.8, 4) is 22.5 Å². The molecular weight excluding hydrogens is 633 g/mol. The average Bonchev–Trinajstić information content (AvgIpc) is 3.71. The lowest BCUT2D eigenvalue weighted by atomic mass is 10.0. The van der Waals surface area contributed by atoms with Crippen LogP contribution in [0.4, 0.5) is 22.7 Å². The van der Waals surface area contributed by atoms with Gasteiger partial charge in [0, 0.05) is 55.7 Å². The molecule has 0 unspecified atom stereocenters. The second-order valence-electron chi connectivity index (χ2n) is 13.2. The lowest BCUT2D eigenvalue weighted by Crippen LogP contribution is -1.94. The van der Waals surface area contributed by atoms with Gasteiger partial charge in [0.25, 0.3) is 0 Å². The van der Waals surface area contributed by atoms with Gasteiger partial charge >= 0.3 is 0 Å². The Kier molecular flexibility index (Phi) is 7.10. The summed E-state index contributed by atoms with van der Waals surface area (Å²) in [7, 11) is 0. The van der Waals surface area contributed by atoms with Gasteiger partial charge < -0.3 is 19.8 Å². The highest BCUT2D eigenvalue weighted by Crippen LogP contribution is 2.36. The van der Waals surface area contributed by atoms with Crippen molar-refractivity contribution in [1.29, 1.82) is 0 Å². The Bertz CT molecular complexity index is 2670. The number of nitrogens with one attached hydrogen (secondary N) is 2. The fourth-order valence-corrected chi connectivity index (χ4v) is 7.64. The quantitative estimate of drug-likeness (QED) is 0.177. The summed E-state index contributed by atoms with van der Waals surface area (Å²) in [6.45, 7) is 0. The monoisotopic (exact) mass is 666 g/mol. The zero-order valence-electron chi connectivity index (χ0n) is 28.4. The molecule has 52 heavy (non-hydrogen) atoms. The normalized spacial score (nSPS) is 11.5. The van der Waals surface area contributed by atoms with Crippen LogP contribution in [-0.4, -0.2) is 9.13 Å². The first-order chi connectivity index (χ1) is 25.8. The molecule has 10 rings (SSSR count). The van der Waals surface area contributed by atoms with Gasteiger partial charge in [-0.2, -0.15) is 0 Å². The minimum Gasteiger partial charge on any atom is -0.356 e. The first-order valence-electron chi connectivity index (χ1n) is 17.7. The van der Waals surface area contributed by atoms with E-state index in [4.69, 9.17) is 0 Å². The molecule has 0 atom stereocenters. The number of nitrogens with zero attached hydrogens (tertiary/aromatic N) is 2. The number of hydrogen-bond donors (Lipinski definition) is 2. The van der Waals surface area contributed by atoms with E-state index in [0.717, 1.165) is 22.7 Å². The van der Waals surface area contributed by atoms with Crippen molar-refractivity contribution >= 4 is 66.4 Å². The van der Waals surface area contributed by atoms with E-state index in [0.29, 0.717) is 0 Å². The first kappa shape index (κ1) is 29.8. The van der Waals surface area contributed by atoms with E-state index >= 15 is 0 Å². The molecule has 0 saturated heterocycles. The van der Waals surface area contributed by atoms with Gasteiger partial charge in [-0.25, -0.2) is 0 Å². The van der Waals surface area contributed by atoms with Crippen molar-refractivity contribution in [3.63, 3.8) is 0 Å². The largest absolute Gasteiger partial charge is 0.356 e. The van der Waals surface area contributed by atoms with Gasteiger partial charge in [-0.3, -0.25) is 0 Å². The van der Waals surface area contributed by atoms with Crippen LogP contribution >= 0.6 is 0 Å². The van der Waals surface area contributed by atoms with Crippen molar-refractivity contribution in [3.05, 3.63) is 194 Å². The van der Waals surface area contributed by atoms with Gasteiger partial charge in [-0.15, -0.1) is 0 Å². The van der Waals surface area contributed by atoms with E-state index in [9.17, 15) is 0 Å². The molecule has 0 spiro atoms. The number of rotatable bonds is 7. The Hall–Kier alpha value is -7.04. The minimum atomic E-state index is 1.05. The van der Waals surface area contributed by atoms with Gasteiger partial charge in [0.05, 0.1) is 22.1 Å². The molecule has 2 aromatic heterocycles. The van der Waals surface area contributed by atoms with Crippen molar-refractivity contribution in [2.24, 2.45) is 0 Å². The Morgan fingerprint density at radius 1 is 0.269 bits per heavy atom. The molecule has 0 radical (unpaired) electrons. The van der Waals surface area contributed by atoms with Crippen LogP contribution < -0.4 is 10.6 Å². The third-order valence-electron chi connectivity index (χ3n) is 10.1. The number of para-hydroxylation sites is 4. The van der Waals surface area contributed by atoms with E-state index < -0.39 is 0 Å². The third-order valence-corrected chi connectivity index (χ3v) is 10.1. The standard InChI is InChI=1S/C48H34N4/c1-3-11-39(12-4-1)51-45-17-9-7-15-41(45)43-31-37(27-29-47(43)51)49-35-23-19-33(20-24-35)34-21-25-36(26-22-34)50-38-28-30-48-44(32-38)42-16-8-10-18-46(42)52(48)40-13-5-2-6-14-40/h1-32,49-50H. The minimum absolute atomic E-state index is 1.05. The summed E-state index contributed by atoms with van der Waals surface area (Å²) >= 11 is 0. The lowest BCUT2D eigenvalue weighted by molar-refractivity contribution is 1.18. The SMILES string of the molecule is c1ccc(-n2c3ccccc3c3cc(Nc4ccc(-c5ccc(Nc6ccc7c(c6)c6ccccc6n7-c6ccccc6)cc5)cc4)ccc32)cc1. The van der Waals surface area contributed by atoms with Crippen LogP contribution in [0.1, 0.15) is 0 Å². The number of hydrogen-bond acceptors (Lipinski definition) is 2. The molecule has 0 fully saturated rings. The van der Waals surface area contributed by atoms with Gasteiger partial charge in [0.1, 0.15) is 0 Å². The van der Waals surface area contributed by atoms with E-state index in [-0.39, 0.29) is 0 Å². The van der Waals surface area contributed by atoms with Crippen LogP contribution in [-0.2, 0) is 0 Å². The summed E-state index contributed by atoms with van der Waals surface area (Å²) in [5.41, 5.74) is 13.7. The predicted octanol–water partition coefficient (Wildman–Crippen LogP) is 13.0. The van der Waals surface area contributed by atoms with Crippen LogP contribution in [0, 0.1) is 0 Å². The highest BCUT2D eigenvalue weighted by atomic mass is 15.0. The second kappa shape index (κ2) is 12.4. The Morgan fingerprint density at radius 3 is 1.04 bits per heavy atom. The Labute approximate surface area is 301 Å². The van der Waals surface area contributed by atoms with Gasteiger partial charge in [0.2, 0.25) is 0 Å². The van der Waals surface area contributed by atoms with E-state index in [1.165, 1.54) is 66.1 Å². The molecule has 0 aliphatic rings. The highest BCUT2D eigenvalue weighted by Gasteiger charge is 2.14. The molecule has 0 saturated carbocycles. The van der Waals surface area contributed by atoms with Crippen LogP contribution in [0.2, 0.25) is 0 Å². The van der Waals surface area contributed by atoms with Gasteiger partial charge in [0.15, 0.2) is 0 Å². The zero-order chi connectivity index (χ0) is 34.4. The average molecular weight is 667 g/mol. The molecule has 0 aliphatic heterocycles. The Balaban J connectivity index is 0.880. The third kappa shape index (κ3) is 5.17. The molecule has 4 nitrogen and oxygen atoms in total. The maximum atomic E-state index is 3.64. The number of anilines is 4. The molecule has 0 aliphatic carbocycles. The topological polar surface area (TPSA) is 33.9 Å². The summed E-state index contributed by atoms with van der Waals surface area (Å²) in [6, 6.07) is 69.0. The number of aromatic nitrogens is 2. The van der Waals surface area contributed by atoms with Crippen LogP contribution in [0.5, 0.6) is 0 Å². The summed E-state index contributed by atoms with van der Waals surface area (Å²) in [4.78, 5) is 0. The molecule has 4 heteroatoms. The summed E-state index contributed by atoms with van der Waals surface area (Å²) in [6.07, 6.45) is 0. The second-order valence-corrected chi connectivity index (χ2v) is 13.2. The van der Waals surface area contributed by atoms with E-state index in [2.05, 4.69) is 214 Å². The molecular formula is C48H34N4. The molecule has 0 bridgehead atoms. The predicted molar refractivity (Wildman–Crippen MR) is 220 cm³/mol. The zero-order valence-corrected chi connectivity index (χ0v) is 28.4. The van der Waals surface area contributed by atoms with Crippen molar-refractivity contribution < 1.29 is 0 Å². The van der Waals surface area contributed by atoms with Crippen molar-refractivity contribution in [2.45, 2.75) is 0 Å². The van der Waals surface area contributed by atoms with Crippen LogP contribution in [0.3, 0.4) is 0 Å². The molecule has 2 N–H and O–H groups in total. The van der Waals surface area contributed by atoms with Gasteiger partial charge in [-0.05, 0) is 108 Å². The van der Waals surface area contributed by atoms with Crippen LogP contribution in [0.15, 0.2) is 194 Å². The molecule has 8 aromatic carbocycles. The molecule has 0 amide bonds. The first-order valence-corrected chi connectivity index (χ1v) is 17.7.